The molecular formula is C14H18N2O5S. The molecule has 1 atom stereocenters. The molecule has 2 heterocycles. The Balaban J connectivity index is 1.95. The van der Waals surface area contributed by atoms with Gasteiger partial charge in [0.1, 0.15) is 4.88 Å². The molecule has 1 N–H and O–H groups in total. The summed E-state index contributed by atoms with van der Waals surface area (Å²) in [4.78, 5) is 37.5. The number of ether oxygens (including phenoxy) is 2. The number of nitrogens with zero attached hydrogens (tertiary/aromatic N) is 1. The molecule has 1 fully saturated rings. The van der Waals surface area contributed by atoms with Crippen LogP contribution in [0.15, 0.2) is 12.1 Å². The van der Waals surface area contributed by atoms with Crippen molar-refractivity contribution in [2.24, 2.45) is 0 Å². The molecule has 0 spiro atoms. The molecule has 1 aliphatic rings. The number of methoxy groups -OCH3 is 2. The second-order valence-electron chi connectivity index (χ2n) is 4.88. The van der Waals surface area contributed by atoms with Gasteiger partial charge in [0.05, 0.1) is 19.1 Å². The van der Waals surface area contributed by atoms with Gasteiger partial charge in [-0.25, -0.2) is 9.59 Å². The lowest BCUT2D eigenvalue weighted by molar-refractivity contribution is 0.0606. The van der Waals surface area contributed by atoms with Gasteiger partial charge in [-0.1, -0.05) is 0 Å². The van der Waals surface area contributed by atoms with Gasteiger partial charge in [-0.15, -0.1) is 11.3 Å². The minimum atomic E-state index is -0.460. The average Bonchev–Trinajstić information content (AvgIpc) is 3.03. The van der Waals surface area contributed by atoms with E-state index in [9.17, 15) is 14.4 Å². The van der Waals surface area contributed by atoms with E-state index in [4.69, 9.17) is 4.74 Å². The molecule has 1 aromatic heterocycles. The van der Waals surface area contributed by atoms with Crippen LogP contribution in [-0.4, -0.2) is 56.2 Å². The minimum Gasteiger partial charge on any atom is -0.465 e. The fourth-order valence-electron chi connectivity index (χ4n) is 2.32. The van der Waals surface area contributed by atoms with E-state index in [1.165, 1.54) is 14.2 Å². The fraction of sp³-hybridized carbons (Fsp3) is 0.500. The maximum Gasteiger partial charge on any atom is 0.409 e. The third-order valence-corrected chi connectivity index (χ3v) is 4.47. The first-order chi connectivity index (χ1) is 10.5. The molecule has 120 valence electrons. The summed E-state index contributed by atoms with van der Waals surface area (Å²) in [5.74, 6) is -0.713. The number of hydrogen-bond donors (Lipinski definition) is 1. The number of carbonyl (C=O) groups is 3. The number of amides is 2. The summed E-state index contributed by atoms with van der Waals surface area (Å²) in [6.07, 6.45) is 1.22. The van der Waals surface area contributed by atoms with Crippen molar-refractivity contribution in [2.45, 2.75) is 18.9 Å². The lowest BCUT2D eigenvalue weighted by Gasteiger charge is -2.31. The van der Waals surface area contributed by atoms with Gasteiger partial charge in [-0.3, -0.25) is 4.79 Å². The summed E-state index contributed by atoms with van der Waals surface area (Å²) in [6.45, 7) is 1.05. The number of hydrogen-bond acceptors (Lipinski definition) is 6. The summed E-state index contributed by atoms with van der Waals surface area (Å²) in [5, 5.41) is 2.88. The molecule has 0 bridgehead atoms. The number of esters is 1. The summed E-state index contributed by atoms with van der Waals surface area (Å²) < 4.78 is 9.31. The van der Waals surface area contributed by atoms with Crippen LogP contribution in [0.5, 0.6) is 0 Å². The van der Waals surface area contributed by atoms with E-state index in [0.29, 0.717) is 22.8 Å². The van der Waals surface area contributed by atoms with Gasteiger partial charge in [0, 0.05) is 19.1 Å². The Labute approximate surface area is 132 Å². The quantitative estimate of drug-likeness (QED) is 0.851. The lowest BCUT2D eigenvalue weighted by Crippen LogP contribution is -2.49. The first-order valence-electron chi connectivity index (χ1n) is 6.87. The highest BCUT2D eigenvalue weighted by molar-refractivity contribution is 7.15. The first kappa shape index (κ1) is 16.3. The molecule has 0 unspecified atom stereocenters. The van der Waals surface area contributed by atoms with Gasteiger partial charge >= 0.3 is 12.1 Å². The third kappa shape index (κ3) is 3.76. The fourth-order valence-corrected chi connectivity index (χ4v) is 3.14. The van der Waals surface area contributed by atoms with Crippen molar-refractivity contribution in [3.63, 3.8) is 0 Å². The van der Waals surface area contributed by atoms with E-state index in [2.05, 4.69) is 10.1 Å². The summed E-state index contributed by atoms with van der Waals surface area (Å²) in [7, 11) is 2.63. The van der Waals surface area contributed by atoms with Gasteiger partial charge in [0.25, 0.3) is 5.91 Å². The average molecular weight is 326 g/mol. The molecule has 2 rings (SSSR count). The van der Waals surface area contributed by atoms with E-state index in [1.54, 1.807) is 17.0 Å². The Bertz CT molecular complexity index is 571. The molecule has 2 amide bonds. The summed E-state index contributed by atoms with van der Waals surface area (Å²) in [5.41, 5.74) is 0. The molecule has 1 aromatic rings. The maximum absolute atomic E-state index is 12.2. The Morgan fingerprint density at radius 1 is 1.23 bits per heavy atom. The molecular weight excluding hydrogens is 308 g/mol. The second-order valence-corrected chi connectivity index (χ2v) is 5.97. The molecule has 8 heteroatoms. The highest BCUT2D eigenvalue weighted by Gasteiger charge is 2.26. The SMILES string of the molecule is COC(=O)c1ccc(C(=O)N[C@@H]2CCCN(C(=O)OC)C2)s1. The zero-order valence-electron chi connectivity index (χ0n) is 12.5. The first-order valence-corrected chi connectivity index (χ1v) is 7.68. The van der Waals surface area contributed by atoms with Crippen molar-refractivity contribution in [3.05, 3.63) is 21.9 Å². The smallest absolute Gasteiger partial charge is 0.409 e. The van der Waals surface area contributed by atoms with Crippen LogP contribution in [0.1, 0.15) is 32.2 Å². The van der Waals surface area contributed by atoms with Crippen molar-refractivity contribution < 1.29 is 23.9 Å². The Hall–Kier alpha value is -2.09. The van der Waals surface area contributed by atoms with E-state index in [1.807, 2.05) is 0 Å². The number of likely N-dealkylation sites (tertiary alicyclic amines) is 1. The van der Waals surface area contributed by atoms with Gasteiger partial charge in [-0.05, 0) is 25.0 Å². The van der Waals surface area contributed by atoms with Crippen molar-refractivity contribution in [1.82, 2.24) is 10.2 Å². The monoisotopic (exact) mass is 326 g/mol. The van der Waals surface area contributed by atoms with Crippen LogP contribution in [0.3, 0.4) is 0 Å². The van der Waals surface area contributed by atoms with Crippen LogP contribution in [0, 0.1) is 0 Å². The van der Waals surface area contributed by atoms with Gasteiger partial charge < -0.3 is 19.7 Å². The highest BCUT2D eigenvalue weighted by Crippen LogP contribution is 2.18. The Morgan fingerprint density at radius 3 is 2.64 bits per heavy atom. The number of rotatable bonds is 3. The van der Waals surface area contributed by atoms with Crippen LogP contribution in [0.4, 0.5) is 4.79 Å². The van der Waals surface area contributed by atoms with Crippen LogP contribution >= 0.6 is 11.3 Å². The molecule has 0 saturated carbocycles. The van der Waals surface area contributed by atoms with Crippen LogP contribution in [-0.2, 0) is 9.47 Å². The highest BCUT2D eigenvalue weighted by atomic mass is 32.1. The molecule has 1 saturated heterocycles. The maximum atomic E-state index is 12.2. The number of carbonyl (C=O) groups excluding carboxylic acids is 3. The van der Waals surface area contributed by atoms with E-state index >= 15 is 0 Å². The van der Waals surface area contributed by atoms with Gasteiger partial charge in [-0.2, -0.15) is 0 Å². The zero-order chi connectivity index (χ0) is 16.1. The number of nitrogens with one attached hydrogen (secondary N) is 1. The van der Waals surface area contributed by atoms with Gasteiger partial charge in [0.2, 0.25) is 0 Å². The topological polar surface area (TPSA) is 84.9 Å². The van der Waals surface area contributed by atoms with Crippen molar-refractivity contribution in [1.29, 1.82) is 0 Å². The minimum absolute atomic E-state index is 0.121. The van der Waals surface area contributed by atoms with Crippen molar-refractivity contribution >= 4 is 29.3 Å². The van der Waals surface area contributed by atoms with Crippen LogP contribution in [0.25, 0.3) is 0 Å². The number of thiophene rings is 1. The zero-order valence-corrected chi connectivity index (χ0v) is 13.3. The Morgan fingerprint density at radius 2 is 1.95 bits per heavy atom. The predicted molar refractivity (Wildman–Crippen MR) is 80.1 cm³/mol. The second kappa shape index (κ2) is 7.26. The lowest BCUT2D eigenvalue weighted by atomic mass is 10.1. The summed E-state index contributed by atoms with van der Waals surface area (Å²) >= 11 is 1.08. The molecule has 7 nitrogen and oxygen atoms in total. The Kier molecular flexibility index (Phi) is 5.37. The standard InChI is InChI=1S/C14H18N2O5S/c1-20-13(18)11-6-5-10(22-11)12(17)15-9-4-3-7-16(8-9)14(19)21-2/h5-6,9H,3-4,7-8H2,1-2H3,(H,15,17)/t9-/m1/s1. The number of piperidine rings is 1. The van der Waals surface area contributed by atoms with E-state index < -0.39 is 5.97 Å². The molecule has 0 aliphatic carbocycles. The van der Waals surface area contributed by atoms with Crippen LogP contribution in [0.2, 0.25) is 0 Å². The van der Waals surface area contributed by atoms with Crippen molar-refractivity contribution in [3.8, 4) is 0 Å². The largest absolute Gasteiger partial charge is 0.465 e. The molecule has 0 radical (unpaired) electrons. The van der Waals surface area contributed by atoms with E-state index in [-0.39, 0.29) is 18.0 Å². The molecule has 1 aliphatic heterocycles. The normalized spacial score (nSPS) is 17.7. The van der Waals surface area contributed by atoms with Gasteiger partial charge in [0.15, 0.2) is 0 Å². The predicted octanol–water partition coefficient (Wildman–Crippen LogP) is 1.50. The third-order valence-electron chi connectivity index (χ3n) is 3.41. The summed E-state index contributed by atoms with van der Waals surface area (Å²) in [6, 6.07) is 3.03. The van der Waals surface area contributed by atoms with Crippen molar-refractivity contribution in [2.75, 3.05) is 27.3 Å². The molecule has 0 aromatic carbocycles. The molecule has 22 heavy (non-hydrogen) atoms. The van der Waals surface area contributed by atoms with E-state index in [0.717, 1.165) is 24.2 Å². The van der Waals surface area contributed by atoms with Crippen LogP contribution < -0.4 is 5.32 Å².